The second-order valence-electron chi connectivity index (χ2n) is 7.43. The van der Waals surface area contributed by atoms with Gasteiger partial charge in [0.2, 0.25) is 0 Å². The van der Waals surface area contributed by atoms with Crippen molar-refractivity contribution >= 4 is 5.91 Å². The van der Waals surface area contributed by atoms with Crippen LogP contribution in [0.2, 0.25) is 0 Å². The maximum absolute atomic E-state index is 12.6. The molecule has 4 heteroatoms. The number of amides is 1. The Bertz CT molecular complexity index is 762. The summed E-state index contributed by atoms with van der Waals surface area (Å²) in [5.74, 6) is 1.02. The second-order valence-corrected chi connectivity index (χ2v) is 7.43. The highest BCUT2D eigenvalue weighted by Crippen LogP contribution is 2.30. The fraction of sp³-hybridized carbons (Fsp3) is 0.409. The Labute approximate surface area is 155 Å². The van der Waals surface area contributed by atoms with Gasteiger partial charge in [0.25, 0.3) is 5.91 Å². The predicted molar refractivity (Wildman–Crippen MR) is 103 cm³/mol. The van der Waals surface area contributed by atoms with E-state index >= 15 is 0 Å². The third-order valence-corrected chi connectivity index (χ3v) is 5.58. The molecule has 2 aromatic carbocycles. The number of nitrogens with one attached hydrogen (secondary N) is 1. The normalized spacial score (nSPS) is 22.7. The van der Waals surface area contributed by atoms with Crippen LogP contribution in [0.5, 0.6) is 5.75 Å². The van der Waals surface area contributed by atoms with E-state index in [4.69, 9.17) is 4.74 Å². The van der Waals surface area contributed by atoms with Gasteiger partial charge in [-0.15, -0.1) is 0 Å². The van der Waals surface area contributed by atoms with Crippen LogP contribution in [-0.4, -0.2) is 42.6 Å². The maximum atomic E-state index is 12.6. The Morgan fingerprint density at radius 1 is 1.04 bits per heavy atom. The lowest BCUT2D eigenvalue weighted by atomic mass is 9.91. The van der Waals surface area contributed by atoms with Crippen LogP contribution in [0.4, 0.5) is 0 Å². The first-order valence-corrected chi connectivity index (χ1v) is 9.55. The molecule has 1 fully saturated rings. The molecule has 1 saturated heterocycles. The van der Waals surface area contributed by atoms with Crippen molar-refractivity contribution in [1.82, 2.24) is 10.2 Å². The van der Waals surface area contributed by atoms with Crippen LogP contribution in [0.15, 0.2) is 54.6 Å². The predicted octanol–water partition coefficient (Wildman–Crippen LogP) is 3.28. The zero-order valence-corrected chi connectivity index (χ0v) is 15.1. The molecule has 1 amide bonds. The first-order valence-electron chi connectivity index (χ1n) is 9.55. The molecule has 1 unspecified atom stereocenters. The van der Waals surface area contributed by atoms with E-state index in [-0.39, 0.29) is 11.4 Å². The molecule has 0 aliphatic carbocycles. The number of likely N-dealkylation sites (tertiary alicyclic amines) is 1. The minimum Gasteiger partial charge on any atom is -0.494 e. The highest BCUT2D eigenvalue weighted by molar-refractivity contribution is 5.96. The molecule has 1 spiro atoms. The molecular formula is C22H26N2O2. The average Bonchev–Trinajstić information content (AvgIpc) is 3.01. The summed E-state index contributed by atoms with van der Waals surface area (Å²) in [5, 5.41) is 3.34. The number of aryl methyl sites for hydroxylation is 1. The molecule has 4 rings (SSSR count). The van der Waals surface area contributed by atoms with Crippen molar-refractivity contribution in [3.8, 4) is 5.75 Å². The summed E-state index contributed by atoms with van der Waals surface area (Å²) in [6.45, 7) is 3.72. The monoisotopic (exact) mass is 350 g/mol. The number of carbonyl (C=O) groups excluding carboxylic acids is 1. The Kier molecular flexibility index (Phi) is 4.93. The fourth-order valence-corrected chi connectivity index (χ4v) is 4.15. The van der Waals surface area contributed by atoms with E-state index in [1.165, 1.54) is 5.56 Å². The van der Waals surface area contributed by atoms with E-state index in [2.05, 4.69) is 16.3 Å². The number of fused-ring (bicyclic) bond motifs is 1. The Morgan fingerprint density at radius 2 is 1.85 bits per heavy atom. The lowest BCUT2D eigenvalue weighted by Gasteiger charge is -2.29. The van der Waals surface area contributed by atoms with Gasteiger partial charge in [-0.2, -0.15) is 0 Å². The zero-order chi connectivity index (χ0) is 17.8. The molecule has 26 heavy (non-hydrogen) atoms. The number of carbonyl (C=O) groups is 1. The van der Waals surface area contributed by atoms with Crippen LogP contribution in [0.1, 0.15) is 35.2 Å². The van der Waals surface area contributed by atoms with Crippen LogP contribution in [0.25, 0.3) is 0 Å². The molecule has 2 aromatic rings. The summed E-state index contributed by atoms with van der Waals surface area (Å²) in [4.78, 5) is 15.1. The Hall–Kier alpha value is -2.33. The molecule has 136 valence electrons. The van der Waals surface area contributed by atoms with Gasteiger partial charge < -0.3 is 15.0 Å². The second kappa shape index (κ2) is 7.50. The Morgan fingerprint density at radius 3 is 2.73 bits per heavy atom. The van der Waals surface area contributed by atoms with Crippen LogP contribution < -0.4 is 10.1 Å². The van der Waals surface area contributed by atoms with Gasteiger partial charge >= 0.3 is 0 Å². The summed E-state index contributed by atoms with van der Waals surface area (Å²) >= 11 is 0. The summed E-state index contributed by atoms with van der Waals surface area (Å²) in [6.07, 6.45) is 4.03. The molecular weight excluding hydrogens is 324 g/mol. The molecule has 0 bridgehead atoms. The standard InChI is InChI=1S/C22H26N2O2/c25-21-20-10-5-4-7-18(20)11-12-22(23-21)13-15-24(17-22)14-6-16-26-19-8-2-1-3-9-19/h1-5,7-10H,6,11-17H2,(H,23,25). The van der Waals surface area contributed by atoms with E-state index < -0.39 is 0 Å². The van der Waals surface area contributed by atoms with Gasteiger partial charge in [-0.25, -0.2) is 0 Å². The van der Waals surface area contributed by atoms with Gasteiger partial charge in [0, 0.05) is 25.2 Å². The lowest BCUT2D eigenvalue weighted by Crippen LogP contribution is -2.49. The first kappa shape index (κ1) is 17.1. The molecule has 0 saturated carbocycles. The lowest BCUT2D eigenvalue weighted by molar-refractivity contribution is 0.0902. The summed E-state index contributed by atoms with van der Waals surface area (Å²) in [6, 6.07) is 18.0. The molecule has 2 aliphatic rings. The smallest absolute Gasteiger partial charge is 0.252 e. The fourth-order valence-electron chi connectivity index (χ4n) is 4.15. The van der Waals surface area contributed by atoms with Crippen molar-refractivity contribution in [2.45, 2.75) is 31.2 Å². The topological polar surface area (TPSA) is 41.6 Å². The number of rotatable bonds is 5. The van der Waals surface area contributed by atoms with Gasteiger partial charge in [0.1, 0.15) is 5.75 Å². The summed E-state index contributed by atoms with van der Waals surface area (Å²) in [7, 11) is 0. The van der Waals surface area contributed by atoms with Gasteiger partial charge in [-0.1, -0.05) is 36.4 Å². The number of hydrogen-bond donors (Lipinski definition) is 1. The average molecular weight is 350 g/mol. The van der Waals surface area contributed by atoms with Crippen LogP contribution >= 0.6 is 0 Å². The molecule has 2 aliphatic heterocycles. The van der Waals surface area contributed by atoms with Crippen LogP contribution in [0, 0.1) is 0 Å². The first-order chi connectivity index (χ1) is 12.7. The number of ether oxygens (including phenoxy) is 1. The zero-order valence-electron chi connectivity index (χ0n) is 15.1. The quantitative estimate of drug-likeness (QED) is 0.842. The van der Waals surface area contributed by atoms with E-state index in [1.54, 1.807) is 0 Å². The molecule has 4 nitrogen and oxygen atoms in total. The van der Waals surface area contributed by atoms with Crippen molar-refractivity contribution in [2.75, 3.05) is 26.2 Å². The van der Waals surface area contributed by atoms with E-state index in [0.29, 0.717) is 0 Å². The van der Waals surface area contributed by atoms with Gasteiger partial charge in [-0.3, -0.25) is 4.79 Å². The van der Waals surface area contributed by atoms with Gasteiger partial charge in [0.05, 0.1) is 12.1 Å². The largest absolute Gasteiger partial charge is 0.494 e. The number of hydrogen-bond acceptors (Lipinski definition) is 3. The SMILES string of the molecule is O=C1NC2(CCc3ccccc31)CCN(CCCOc1ccccc1)C2. The third kappa shape index (κ3) is 3.75. The van der Waals surface area contributed by atoms with Crippen molar-refractivity contribution in [3.63, 3.8) is 0 Å². The number of para-hydroxylation sites is 1. The van der Waals surface area contributed by atoms with Crippen molar-refractivity contribution in [2.24, 2.45) is 0 Å². The Balaban J connectivity index is 1.29. The highest BCUT2D eigenvalue weighted by atomic mass is 16.5. The molecule has 1 N–H and O–H groups in total. The van der Waals surface area contributed by atoms with Gasteiger partial charge in [0.15, 0.2) is 0 Å². The maximum Gasteiger partial charge on any atom is 0.252 e. The summed E-state index contributed by atoms with van der Waals surface area (Å²) < 4.78 is 5.79. The number of benzene rings is 2. The summed E-state index contributed by atoms with van der Waals surface area (Å²) in [5.41, 5.74) is 1.95. The van der Waals surface area contributed by atoms with Crippen LogP contribution in [-0.2, 0) is 6.42 Å². The molecule has 0 aromatic heterocycles. The van der Waals surface area contributed by atoms with E-state index in [9.17, 15) is 4.79 Å². The number of nitrogens with zero attached hydrogens (tertiary/aromatic N) is 1. The van der Waals surface area contributed by atoms with Crippen LogP contribution in [0.3, 0.4) is 0 Å². The van der Waals surface area contributed by atoms with Crippen molar-refractivity contribution < 1.29 is 9.53 Å². The van der Waals surface area contributed by atoms with Crippen molar-refractivity contribution in [3.05, 3.63) is 65.7 Å². The minimum atomic E-state index is -0.0730. The minimum absolute atomic E-state index is 0.0730. The van der Waals surface area contributed by atoms with Crippen molar-refractivity contribution in [1.29, 1.82) is 0 Å². The highest BCUT2D eigenvalue weighted by Gasteiger charge is 2.40. The molecule has 1 atom stereocenters. The molecule has 0 radical (unpaired) electrons. The molecule has 2 heterocycles. The van der Waals surface area contributed by atoms with Gasteiger partial charge in [-0.05, 0) is 49.4 Å². The van der Waals surface area contributed by atoms with E-state index in [1.807, 2.05) is 48.5 Å². The van der Waals surface area contributed by atoms with E-state index in [0.717, 1.165) is 63.2 Å². The third-order valence-electron chi connectivity index (χ3n) is 5.58.